The molecule has 0 amide bonds. The summed E-state index contributed by atoms with van der Waals surface area (Å²) < 4.78 is 44.3. The number of aromatic nitrogens is 2. The van der Waals surface area contributed by atoms with Gasteiger partial charge in [-0.05, 0) is 6.42 Å². The lowest BCUT2D eigenvalue weighted by molar-refractivity contribution is -0.144. The molecule has 1 atom stereocenters. The van der Waals surface area contributed by atoms with Gasteiger partial charge in [0.1, 0.15) is 0 Å². The van der Waals surface area contributed by atoms with Crippen LogP contribution in [0.25, 0.3) is 0 Å². The normalized spacial score (nSPS) is 13.7. The van der Waals surface area contributed by atoms with Gasteiger partial charge in [-0.25, -0.2) is 0 Å². The van der Waals surface area contributed by atoms with E-state index >= 15 is 0 Å². The third-order valence-electron chi connectivity index (χ3n) is 1.79. The first-order chi connectivity index (χ1) is 7.93. The molecule has 0 aromatic carbocycles. The zero-order valence-electron chi connectivity index (χ0n) is 8.99. The SMILES string of the molecule is COCC(O)CCNc1nc(C(F)(F)F)ns1. The smallest absolute Gasteiger partial charge is 0.391 e. The van der Waals surface area contributed by atoms with E-state index in [9.17, 15) is 18.3 Å². The van der Waals surface area contributed by atoms with E-state index in [1.807, 2.05) is 0 Å². The Hall–Kier alpha value is -0.930. The number of aliphatic hydroxyl groups is 1. The second-order valence-electron chi connectivity index (χ2n) is 3.25. The van der Waals surface area contributed by atoms with E-state index in [1.165, 1.54) is 7.11 Å². The van der Waals surface area contributed by atoms with Gasteiger partial charge in [0.05, 0.1) is 12.7 Å². The average Bonchev–Trinajstić information content (AvgIpc) is 2.66. The molecular weight excluding hydrogens is 259 g/mol. The maximum absolute atomic E-state index is 12.1. The molecule has 1 heterocycles. The largest absolute Gasteiger partial charge is 0.452 e. The van der Waals surface area contributed by atoms with Gasteiger partial charge in [0.2, 0.25) is 11.0 Å². The first kappa shape index (κ1) is 14.1. The van der Waals surface area contributed by atoms with Crippen molar-refractivity contribution in [3.05, 3.63) is 5.82 Å². The molecule has 1 aromatic rings. The molecule has 0 saturated carbocycles. The van der Waals surface area contributed by atoms with Crippen LogP contribution in [-0.2, 0) is 10.9 Å². The van der Waals surface area contributed by atoms with E-state index < -0.39 is 18.1 Å². The molecule has 0 saturated heterocycles. The van der Waals surface area contributed by atoms with Crippen LogP contribution in [0.15, 0.2) is 0 Å². The second-order valence-corrected chi connectivity index (χ2v) is 4.00. The lowest BCUT2D eigenvalue weighted by Crippen LogP contribution is -2.18. The quantitative estimate of drug-likeness (QED) is 0.818. The Bertz CT molecular complexity index is 345. The van der Waals surface area contributed by atoms with Crippen molar-refractivity contribution in [3.8, 4) is 0 Å². The summed E-state index contributed by atoms with van der Waals surface area (Å²) in [5, 5.41) is 12.0. The fourth-order valence-corrected chi connectivity index (χ4v) is 1.64. The molecule has 1 unspecified atom stereocenters. The molecule has 9 heteroatoms. The average molecular weight is 271 g/mol. The van der Waals surface area contributed by atoms with Gasteiger partial charge < -0.3 is 15.2 Å². The molecule has 1 aromatic heterocycles. The summed E-state index contributed by atoms with van der Waals surface area (Å²) in [6.07, 6.45) is -4.82. The van der Waals surface area contributed by atoms with Crippen LogP contribution >= 0.6 is 11.5 Å². The van der Waals surface area contributed by atoms with Crippen LogP contribution in [0.1, 0.15) is 12.2 Å². The Morgan fingerprint density at radius 3 is 2.76 bits per heavy atom. The number of rotatable bonds is 6. The zero-order chi connectivity index (χ0) is 12.9. The number of aliphatic hydroxyl groups excluding tert-OH is 1. The summed E-state index contributed by atoms with van der Waals surface area (Å²) in [6, 6.07) is 0. The van der Waals surface area contributed by atoms with Crippen LogP contribution in [-0.4, -0.2) is 40.8 Å². The molecule has 17 heavy (non-hydrogen) atoms. The van der Waals surface area contributed by atoms with Crippen LogP contribution < -0.4 is 5.32 Å². The number of ether oxygens (including phenoxy) is 1. The number of hydrogen-bond donors (Lipinski definition) is 2. The van der Waals surface area contributed by atoms with Gasteiger partial charge in [0, 0.05) is 25.2 Å². The summed E-state index contributed by atoms with van der Waals surface area (Å²) in [4.78, 5) is 3.28. The Balaban J connectivity index is 2.35. The van der Waals surface area contributed by atoms with Gasteiger partial charge in [-0.1, -0.05) is 0 Å². The van der Waals surface area contributed by atoms with Gasteiger partial charge in [-0.15, -0.1) is 0 Å². The number of nitrogens with one attached hydrogen (secondary N) is 1. The number of nitrogens with zero attached hydrogens (tertiary/aromatic N) is 2. The van der Waals surface area contributed by atoms with E-state index in [2.05, 4.69) is 14.7 Å². The summed E-state index contributed by atoms with van der Waals surface area (Å²) in [5.74, 6) is -1.15. The van der Waals surface area contributed by atoms with Crippen molar-refractivity contribution in [2.75, 3.05) is 25.6 Å². The Labute approximate surface area is 99.8 Å². The number of halogens is 3. The predicted octanol–water partition coefficient (Wildman–Crippen LogP) is 1.37. The van der Waals surface area contributed by atoms with Crippen LogP contribution in [0.4, 0.5) is 18.3 Å². The molecule has 2 N–H and O–H groups in total. The molecular formula is C8H12F3N3O2S. The van der Waals surface area contributed by atoms with Crippen molar-refractivity contribution in [2.24, 2.45) is 0 Å². The Morgan fingerprint density at radius 1 is 1.53 bits per heavy atom. The van der Waals surface area contributed by atoms with Gasteiger partial charge in [0.15, 0.2) is 0 Å². The van der Waals surface area contributed by atoms with E-state index in [0.29, 0.717) is 24.5 Å². The monoisotopic (exact) mass is 271 g/mol. The van der Waals surface area contributed by atoms with E-state index in [4.69, 9.17) is 4.74 Å². The van der Waals surface area contributed by atoms with Gasteiger partial charge in [0.25, 0.3) is 0 Å². The van der Waals surface area contributed by atoms with Gasteiger partial charge in [-0.2, -0.15) is 22.5 Å². The summed E-state index contributed by atoms with van der Waals surface area (Å²) >= 11 is 0.636. The van der Waals surface area contributed by atoms with Crippen molar-refractivity contribution in [3.63, 3.8) is 0 Å². The minimum absolute atomic E-state index is 0.0851. The molecule has 0 aliphatic heterocycles. The first-order valence-electron chi connectivity index (χ1n) is 4.75. The van der Waals surface area contributed by atoms with Crippen molar-refractivity contribution in [1.82, 2.24) is 9.36 Å². The lowest BCUT2D eigenvalue weighted by atomic mass is 10.3. The standard InChI is InChI=1S/C8H12F3N3O2S/c1-16-4-5(15)2-3-12-7-13-6(14-17-7)8(9,10)11/h5,15H,2-4H2,1H3,(H,12,13,14). The van der Waals surface area contributed by atoms with Crippen molar-refractivity contribution in [2.45, 2.75) is 18.7 Å². The van der Waals surface area contributed by atoms with E-state index in [0.717, 1.165) is 0 Å². The van der Waals surface area contributed by atoms with E-state index in [1.54, 1.807) is 0 Å². The van der Waals surface area contributed by atoms with Gasteiger partial charge in [-0.3, -0.25) is 0 Å². The molecule has 0 spiro atoms. The number of alkyl halides is 3. The predicted molar refractivity (Wildman–Crippen MR) is 55.9 cm³/mol. The molecule has 0 aliphatic rings. The zero-order valence-corrected chi connectivity index (χ0v) is 9.81. The third kappa shape index (κ3) is 4.84. The highest BCUT2D eigenvalue weighted by molar-refractivity contribution is 7.09. The van der Waals surface area contributed by atoms with Crippen LogP contribution in [0.2, 0.25) is 0 Å². The number of hydrogen-bond acceptors (Lipinski definition) is 6. The highest BCUT2D eigenvalue weighted by Crippen LogP contribution is 2.28. The molecule has 0 radical (unpaired) electrons. The molecule has 98 valence electrons. The van der Waals surface area contributed by atoms with E-state index in [-0.39, 0.29) is 11.7 Å². The molecule has 0 bridgehead atoms. The first-order valence-corrected chi connectivity index (χ1v) is 5.52. The Morgan fingerprint density at radius 2 is 2.24 bits per heavy atom. The highest BCUT2D eigenvalue weighted by Gasteiger charge is 2.36. The van der Waals surface area contributed by atoms with Gasteiger partial charge >= 0.3 is 6.18 Å². The second kappa shape index (κ2) is 6.12. The molecule has 0 aliphatic carbocycles. The number of methoxy groups -OCH3 is 1. The highest BCUT2D eigenvalue weighted by atomic mass is 32.1. The molecule has 5 nitrogen and oxygen atoms in total. The minimum atomic E-state index is -4.52. The minimum Gasteiger partial charge on any atom is -0.391 e. The lowest BCUT2D eigenvalue weighted by Gasteiger charge is -2.08. The summed E-state index contributed by atoms with van der Waals surface area (Å²) in [7, 11) is 1.46. The molecule has 0 fully saturated rings. The van der Waals surface area contributed by atoms with Crippen molar-refractivity contribution < 1.29 is 23.0 Å². The van der Waals surface area contributed by atoms with Crippen molar-refractivity contribution in [1.29, 1.82) is 0 Å². The van der Waals surface area contributed by atoms with Crippen LogP contribution in [0.3, 0.4) is 0 Å². The third-order valence-corrected chi connectivity index (χ3v) is 2.47. The van der Waals surface area contributed by atoms with Crippen LogP contribution in [0, 0.1) is 0 Å². The Kier molecular flexibility index (Phi) is 5.09. The fourth-order valence-electron chi connectivity index (χ4n) is 1.03. The maximum atomic E-state index is 12.1. The summed E-state index contributed by atoms with van der Waals surface area (Å²) in [6.45, 7) is 0.489. The fraction of sp³-hybridized carbons (Fsp3) is 0.750. The molecule has 1 rings (SSSR count). The topological polar surface area (TPSA) is 67.3 Å². The van der Waals surface area contributed by atoms with Crippen molar-refractivity contribution >= 4 is 16.7 Å². The summed E-state index contributed by atoms with van der Waals surface area (Å²) in [5.41, 5.74) is 0. The number of anilines is 1. The maximum Gasteiger partial charge on any atom is 0.452 e. The van der Waals surface area contributed by atoms with Crippen LogP contribution in [0.5, 0.6) is 0 Å².